The lowest BCUT2D eigenvalue weighted by atomic mass is 9.51. The third-order valence-corrected chi connectivity index (χ3v) is 3.82. The summed E-state index contributed by atoms with van der Waals surface area (Å²) in [6, 6.07) is 3.44. The van der Waals surface area contributed by atoms with Crippen LogP contribution in [0.3, 0.4) is 0 Å². The van der Waals surface area contributed by atoms with E-state index in [-0.39, 0.29) is 17.3 Å². The third-order valence-electron chi connectivity index (χ3n) is 3.82. The van der Waals surface area contributed by atoms with Crippen molar-refractivity contribution >= 4 is 0 Å². The van der Waals surface area contributed by atoms with Crippen LogP contribution in [0.5, 0.6) is 0 Å². The molecule has 1 aromatic rings. The Hall–Kier alpha value is -0.960. The Morgan fingerprint density at radius 1 is 1.40 bits per heavy atom. The minimum Gasteiger partial charge on any atom is -0.327 e. The zero-order valence-corrected chi connectivity index (χ0v) is 9.37. The van der Waals surface area contributed by atoms with E-state index in [4.69, 9.17) is 5.73 Å². The van der Waals surface area contributed by atoms with E-state index in [1.54, 1.807) is 6.07 Å². The molecule has 1 fully saturated rings. The van der Waals surface area contributed by atoms with Crippen molar-refractivity contribution < 1.29 is 4.39 Å². The lowest BCUT2D eigenvalue weighted by Gasteiger charge is -2.55. The monoisotopic (exact) mass is 208 g/mol. The van der Waals surface area contributed by atoms with Crippen molar-refractivity contribution in [2.75, 3.05) is 0 Å². The van der Waals surface area contributed by atoms with Crippen LogP contribution in [-0.2, 0) is 0 Å². The molecule has 15 heavy (non-hydrogen) atoms. The normalized spacial score (nSPS) is 33.5. The van der Waals surface area contributed by atoms with Gasteiger partial charge in [-0.15, -0.1) is 0 Å². The van der Waals surface area contributed by atoms with Crippen molar-refractivity contribution in [3.63, 3.8) is 0 Å². The van der Waals surface area contributed by atoms with Gasteiger partial charge in [0.05, 0.1) is 6.20 Å². The first-order valence-electron chi connectivity index (χ1n) is 5.31. The Labute approximate surface area is 89.7 Å². The number of aromatic nitrogens is 1. The number of hydrogen-bond donors (Lipinski definition) is 1. The largest absolute Gasteiger partial charge is 0.327 e. The fourth-order valence-electron chi connectivity index (χ4n) is 2.87. The van der Waals surface area contributed by atoms with Gasteiger partial charge in [-0.05, 0) is 23.5 Å². The Morgan fingerprint density at radius 2 is 2.07 bits per heavy atom. The lowest BCUT2D eigenvalue weighted by Crippen LogP contribution is -2.59. The fraction of sp³-hybridized carbons (Fsp3) is 0.583. The summed E-state index contributed by atoms with van der Waals surface area (Å²) in [6.07, 6.45) is 1.28. The van der Waals surface area contributed by atoms with E-state index >= 15 is 0 Å². The predicted molar refractivity (Wildman–Crippen MR) is 57.9 cm³/mol. The van der Waals surface area contributed by atoms with Crippen molar-refractivity contribution in [2.45, 2.75) is 32.7 Å². The molecule has 0 radical (unpaired) electrons. The number of nitrogens with two attached hydrogens (primary N) is 1. The summed E-state index contributed by atoms with van der Waals surface area (Å²) in [7, 11) is 0. The summed E-state index contributed by atoms with van der Waals surface area (Å²) in [5.41, 5.74) is 7.07. The first-order valence-corrected chi connectivity index (χ1v) is 5.31. The first-order chi connectivity index (χ1) is 6.94. The van der Waals surface area contributed by atoms with Gasteiger partial charge in [-0.1, -0.05) is 20.8 Å². The highest BCUT2D eigenvalue weighted by Crippen LogP contribution is 2.54. The van der Waals surface area contributed by atoms with E-state index in [0.29, 0.717) is 11.8 Å². The van der Waals surface area contributed by atoms with Gasteiger partial charge in [0.25, 0.3) is 0 Å². The van der Waals surface area contributed by atoms with Gasteiger partial charge >= 0.3 is 0 Å². The van der Waals surface area contributed by atoms with Gasteiger partial charge < -0.3 is 5.73 Å². The summed E-state index contributed by atoms with van der Waals surface area (Å²) in [6.45, 7) is 6.42. The summed E-state index contributed by atoms with van der Waals surface area (Å²) < 4.78 is 12.8. The molecule has 1 aliphatic carbocycles. The molecular formula is C12H17FN2. The molecule has 0 saturated heterocycles. The minimum absolute atomic E-state index is 0.0598. The van der Waals surface area contributed by atoms with E-state index in [0.717, 1.165) is 5.69 Å². The number of halogens is 1. The van der Waals surface area contributed by atoms with Crippen LogP contribution >= 0.6 is 0 Å². The van der Waals surface area contributed by atoms with E-state index < -0.39 is 0 Å². The Kier molecular flexibility index (Phi) is 2.30. The van der Waals surface area contributed by atoms with Crippen molar-refractivity contribution in [2.24, 2.45) is 17.1 Å². The summed E-state index contributed by atoms with van der Waals surface area (Å²) >= 11 is 0. The third kappa shape index (κ3) is 1.46. The van der Waals surface area contributed by atoms with E-state index in [1.165, 1.54) is 12.3 Å². The average molecular weight is 208 g/mol. The average Bonchev–Trinajstić information content (AvgIpc) is 2.20. The molecule has 1 heterocycles. The van der Waals surface area contributed by atoms with Crippen molar-refractivity contribution in [3.05, 3.63) is 29.8 Å². The Balaban J connectivity index is 2.29. The molecule has 82 valence electrons. The van der Waals surface area contributed by atoms with Gasteiger partial charge in [0.1, 0.15) is 5.82 Å². The van der Waals surface area contributed by atoms with Crippen LogP contribution in [0.1, 0.15) is 32.4 Å². The SMILES string of the molecule is CC1C(N)C(C)(C)C1c1ccc(F)cn1. The maximum absolute atomic E-state index is 12.8. The van der Waals surface area contributed by atoms with E-state index in [9.17, 15) is 4.39 Å². The molecule has 1 aromatic heterocycles. The van der Waals surface area contributed by atoms with Crippen LogP contribution in [-0.4, -0.2) is 11.0 Å². The maximum Gasteiger partial charge on any atom is 0.141 e. The van der Waals surface area contributed by atoms with Crippen molar-refractivity contribution in [1.29, 1.82) is 0 Å². The topological polar surface area (TPSA) is 38.9 Å². The van der Waals surface area contributed by atoms with Gasteiger partial charge in [-0.2, -0.15) is 0 Å². The zero-order valence-electron chi connectivity index (χ0n) is 9.37. The summed E-state index contributed by atoms with van der Waals surface area (Å²) in [4.78, 5) is 4.15. The van der Waals surface area contributed by atoms with Gasteiger partial charge in [0.15, 0.2) is 0 Å². The highest BCUT2D eigenvalue weighted by Gasteiger charge is 2.53. The molecule has 0 amide bonds. The first kappa shape index (κ1) is 10.6. The Bertz CT molecular complexity index is 358. The molecule has 0 aliphatic heterocycles. The van der Waals surface area contributed by atoms with Crippen molar-refractivity contribution in [1.82, 2.24) is 4.98 Å². The van der Waals surface area contributed by atoms with Crippen LogP contribution < -0.4 is 5.73 Å². The molecular weight excluding hydrogens is 191 g/mol. The van der Waals surface area contributed by atoms with Crippen LogP contribution in [0, 0.1) is 17.2 Å². The number of nitrogens with zero attached hydrogens (tertiary/aromatic N) is 1. The van der Waals surface area contributed by atoms with E-state index in [2.05, 4.69) is 25.8 Å². The zero-order chi connectivity index (χ0) is 11.2. The number of pyridine rings is 1. The summed E-state index contributed by atoms with van der Waals surface area (Å²) in [5, 5.41) is 0. The number of rotatable bonds is 1. The standard InChI is InChI=1S/C12H17FN2/c1-7-10(12(2,3)11(7)14)9-5-4-8(13)6-15-9/h4-7,10-11H,14H2,1-3H3. The molecule has 0 aromatic carbocycles. The second-order valence-corrected chi connectivity index (χ2v) is 5.09. The predicted octanol–water partition coefficient (Wildman–Crippen LogP) is 2.31. The molecule has 2 rings (SSSR count). The molecule has 1 saturated carbocycles. The van der Waals surface area contributed by atoms with Crippen LogP contribution in [0.25, 0.3) is 0 Å². The summed E-state index contributed by atoms with van der Waals surface area (Å²) in [5.74, 6) is 0.471. The molecule has 2 N–H and O–H groups in total. The van der Waals surface area contributed by atoms with Gasteiger partial charge in [-0.3, -0.25) is 4.98 Å². The molecule has 3 atom stereocenters. The highest BCUT2D eigenvalue weighted by molar-refractivity contribution is 5.23. The highest BCUT2D eigenvalue weighted by atomic mass is 19.1. The van der Waals surface area contributed by atoms with Crippen molar-refractivity contribution in [3.8, 4) is 0 Å². The second kappa shape index (κ2) is 3.27. The molecule has 0 spiro atoms. The molecule has 2 nitrogen and oxygen atoms in total. The second-order valence-electron chi connectivity index (χ2n) is 5.09. The number of hydrogen-bond acceptors (Lipinski definition) is 2. The lowest BCUT2D eigenvalue weighted by molar-refractivity contribution is 0.0229. The van der Waals surface area contributed by atoms with Gasteiger partial charge in [0.2, 0.25) is 0 Å². The smallest absolute Gasteiger partial charge is 0.141 e. The quantitative estimate of drug-likeness (QED) is 0.769. The molecule has 0 bridgehead atoms. The van der Waals surface area contributed by atoms with E-state index in [1.807, 2.05) is 0 Å². The van der Waals surface area contributed by atoms with Crippen LogP contribution in [0.4, 0.5) is 4.39 Å². The molecule has 1 aliphatic rings. The maximum atomic E-state index is 12.8. The molecule has 3 heteroatoms. The van der Waals surface area contributed by atoms with Gasteiger partial charge in [0, 0.05) is 17.7 Å². The fourth-order valence-corrected chi connectivity index (χ4v) is 2.87. The van der Waals surface area contributed by atoms with Crippen LogP contribution in [0.2, 0.25) is 0 Å². The minimum atomic E-state index is -0.284. The van der Waals surface area contributed by atoms with Crippen LogP contribution in [0.15, 0.2) is 18.3 Å². The van der Waals surface area contributed by atoms with Gasteiger partial charge in [-0.25, -0.2) is 4.39 Å². The Morgan fingerprint density at radius 3 is 2.53 bits per heavy atom. The molecule has 3 unspecified atom stereocenters.